The zero-order valence-corrected chi connectivity index (χ0v) is 11.3. The highest BCUT2D eigenvalue weighted by atomic mass is 16.5. The van der Waals surface area contributed by atoms with Crippen LogP contribution < -0.4 is 5.32 Å². The zero-order chi connectivity index (χ0) is 14.6. The number of nitrogens with one attached hydrogen (secondary N) is 1. The number of ether oxygens (including phenoxy) is 1. The zero-order valence-electron chi connectivity index (χ0n) is 11.3. The van der Waals surface area contributed by atoms with E-state index in [0.29, 0.717) is 25.5 Å². The van der Waals surface area contributed by atoms with Gasteiger partial charge in [0, 0.05) is 6.42 Å². The Kier molecular flexibility index (Phi) is 4.17. The summed E-state index contributed by atoms with van der Waals surface area (Å²) in [5.41, 5.74) is -0.463. The van der Waals surface area contributed by atoms with Gasteiger partial charge in [-0.1, -0.05) is 30.3 Å². The lowest BCUT2D eigenvalue weighted by Crippen LogP contribution is -2.44. The molecule has 1 fully saturated rings. The third-order valence-corrected chi connectivity index (χ3v) is 3.82. The first-order valence-electron chi connectivity index (χ1n) is 6.53. The van der Waals surface area contributed by atoms with E-state index in [1.165, 1.54) is 7.11 Å². The van der Waals surface area contributed by atoms with Gasteiger partial charge in [-0.25, -0.2) is 4.79 Å². The largest absolute Gasteiger partial charge is 0.453 e. The highest BCUT2D eigenvalue weighted by Gasteiger charge is 2.49. The van der Waals surface area contributed by atoms with Crippen LogP contribution in [0.15, 0.2) is 30.3 Å². The number of hydrogen-bond donors (Lipinski definition) is 1. The molecule has 0 heterocycles. The average Bonchev–Trinajstić information content (AvgIpc) is 2.87. The van der Waals surface area contributed by atoms with Crippen molar-refractivity contribution in [3.8, 4) is 0 Å². The maximum atomic E-state index is 12.2. The molecule has 1 aromatic carbocycles. The van der Waals surface area contributed by atoms with Crippen LogP contribution in [0.2, 0.25) is 0 Å². The quantitative estimate of drug-likeness (QED) is 0.674. The van der Waals surface area contributed by atoms with Gasteiger partial charge in [0.15, 0.2) is 0 Å². The first-order chi connectivity index (χ1) is 9.64. The van der Waals surface area contributed by atoms with Gasteiger partial charge in [-0.15, -0.1) is 0 Å². The molecule has 1 saturated carbocycles. The van der Waals surface area contributed by atoms with Crippen molar-refractivity contribution in [3.63, 3.8) is 0 Å². The second-order valence-corrected chi connectivity index (χ2v) is 4.91. The van der Waals surface area contributed by atoms with E-state index >= 15 is 0 Å². The van der Waals surface area contributed by atoms with E-state index in [1.54, 1.807) is 24.3 Å². The summed E-state index contributed by atoms with van der Waals surface area (Å²) in [5.74, 6) is -0.127. The van der Waals surface area contributed by atoms with Crippen LogP contribution >= 0.6 is 0 Å². The number of carbonyl (C=O) groups is 3. The maximum absolute atomic E-state index is 12.2. The van der Waals surface area contributed by atoms with Crippen molar-refractivity contribution in [1.82, 2.24) is 5.32 Å². The van der Waals surface area contributed by atoms with E-state index in [2.05, 4.69) is 10.1 Å². The summed E-state index contributed by atoms with van der Waals surface area (Å²) in [6.45, 7) is 0. The summed E-state index contributed by atoms with van der Waals surface area (Å²) in [7, 11) is 1.25. The van der Waals surface area contributed by atoms with Crippen molar-refractivity contribution in [2.24, 2.45) is 5.41 Å². The smallest absolute Gasteiger partial charge is 0.407 e. The third kappa shape index (κ3) is 2.43. The second-order valence-electron chi connectivity index (χ2n) is 4.91. The third-order valence-electron chi connectivity index (χ3n) is 3.82. The Labute approximate surface area is 117 Å². The van der Waals surface area contributed by atoms with Crippen LogP contribution in [0.4, 0.5) is 4.79 Å². The molecule has 1 aliphatic carbocycles. The summed E-state index contributed by atoms with van der Waals surface area (Å²) in [6, 6.07) is 8.33. The number of methoxy groups -OCH3 is 1. The Bertz CT molecular complexity index is 514. The molecule has 5 nitrogen and oxygen atoms in total. The first-order valence-corrected chi connectivity index (χ1v) is 6.53. The van der Waals surface area contributed by atoms with Gasteiger partial charge in [0.05, 0.1) is 13.2 Å². The van der Waals surface area contributed by atoms with Gasteiger partial charge in [-0.2, -0.15) is 0 Å². The molecule has 0 radical (unpaired) electrons. The molecular formula is C15H17NO4. The van der Waals surface area contributed by atoms with Crippen LogP contribution in [-0.2, 0) is 14.3 Å². The molecule has 1 N–H and O–H groups in total. The van der Waals surface area contributed by atoms with Gasteiger partial charge < -0.3 is 14.8 Å². The highest BCUT2D eigenvalue weighted by molar-refractivity contribution is 6.01. The van der Waals surface area contributed by atoms with Gasteiger partial charge in [0.2, 0.25) is 0 Å². The number of Topliss-reactive ketones (excluding diaryl/α,β-unsaturated/α-hetero) is 1. The predicted octanol–water partition coefficient (Wildman–Crippen LogP) is 2.02. The fraction of sp³-hybridized carbons (Fsp3) is 0.400. The Morgan fingerprint density at radius 3 is 2.60 bits per heavy atom. The summed E-state index contributed by atoms with van der Waals surface area (Å²) in [5, 5.41) is 2.63. The number of ketones is 1. The van der Waals surface area contributed by atoms with Gasteiger partial charge in [0.1, 0.15) is 17.5 Å². The number of aldehydes is 1. The molecule has 2 rings (SSSR count). The van der Waals surface area contributed by atoms with E-state index in [4.69, 9.17) is 0 Å². The van der Waals surface area contributed by atoms with Crippen molar-refractivity contribution < 1.29 is 19.1 Å². The molecule has 1 aliphatic rings. The maximum Gasteiger partial charge on any atom is 0.407 e. The van der Waals surface area contributed by atoms with Gasteiger partial charge >= 0.3 is 6.09 Å². The Hall–Kier alpha value is -2.17. The fourth-order valence-corrected chi connectivity index (χ4v) is 2.74. The lowest BCUT2D eigenvalue weighted by molar-refractivity contribution is -0.133. The summed E-state index contributed by atoms with van der Waals surface area (Å²) in [4.78, 5) is 35.4. The van der Waals surface area contributed by atoms with Crippen molar-refractivity contribution >= 4 is 18.2 Å². The molecule has 106 valence electrons. The van der Waals surface area contributed by atoms with E-state index in [0.717, 1.165) is 5.56 Å². The molecule has 0 spiro atoms. The minimum atomic E-state index is -1.18. The predicted molar refractivity (Wildman–Crippen MR) is 72.1 cm³/mol. The number of rotatable bonds is 4. The van der Waals surface area contributed by atoms with Crippen LogP contribution in [0.1, 0.15) is 30.9 Å². The van der Waals surface area contributed by atoms with E-state index in [1.807, 2.05) is 6.07 Å². The molecule has 1 amide bonds. The van der Waals surface area contributed by atoms with E-state index in [-0.39, 0.29) is 5.78 Å². The van der Waals surface area contributed by atoms with Crippen LogP contribution in [0, 0.1) is 5.41 Å². The van der Waals surface area contributed by atoms with Gasteiger partial charge in [-0.05, 0) is 18.4 Å². The van der Waals surface area contributed by atoms with Crippen LogP contribution in [0.3, 0.4) is 0 Å². The van der Waals surface area contributed by atoms with Crippen molar-refractivity contribution in [2.45, 2.75) is 25.3 Å². The molecule has 2 atom stereocenters. The van der Waals surface area contributed by atoms with Crippen LogP contribution in [0.5, 0.6) is 0 Å². The first kappa shape index (κ1) is 14.2. The number of carbonyl (C=O) groups excluding carboxylic acids is 3. The Morgan fingerprint density at radius 2 is 2.10 bits per heavy atom. The molecule has 5 heteroatoms. The molecule has 2 unspecified atom stereocenters. The Morgan fingerprint density at radius 1 is 1.40 bits per heavy atom. The lowest BCUT2D eigenvalue weighted by atomic mass is 9.76. The van der Waals surface area contributed by atoms with Crippen LogP contribution in [-0.4, -0.2) is 25.3 Å². The van der Waals surface area contributed by atoms with Gasteiger partial charge in [0.25, 0.3) is 0 Å². The molecule has 20 heavy (non-hydrogen) atoms. The fourth-order valence-electron chi connectivity index (χ4n) is 2.74. The van der Waals surface area contributed by atoms with Gasteiger partial charge in [-0.3, -0.25) is 4.79 Å². The topological polar surface area (TPSA) is 72.5 Å². The summed E-state index contributed by atoms with van der Waals surface area (Å²) >= 11 is 0. The number of hydrogen-bond acceptors (Lipinski definition) is 4. The average molecular weight is 275 g/mol. The molecule has 0 aromatic heterocycles. The number of alkyl carbamates (subject to hydrolysis) is 1. The lowest BCUT2D eigenvalue weighted by Gasteiger charge is -2.31. The van der Waals surface area contributed by atoms with Crippen molar-refractivity contribution in [2.75, 3.05) is 7.11 Å². The van der Waals surface area contributed by atoms with Crippen molar-refractivity contribution in [3.05, 3.63) is 35.9 Å². The summed E-state index contributed by atoms with van der Waals surface area (Å²) in [6.07, 6.45) is 1.49. The van der Waals surface area contributed by atoms with Crippen molar-refractivity contribution in [1.29, 1.82) is 0 Å². The molecule has 0 bridgehead atoms. The highest BCUT2D eigenvalue weighted by Crippen LogP contribution is 2.43. The molecule has 1 aromatic rings. The number of benzene rings is 1. The SMILES string of the molecule is COC(=O)NC(c1ccccc1)C1(C=O)CCCC1=O. The minimum Gasteiger partial charge on any atom is -0.453 e. The number of amides is 1. The molecular weight excluding hydrogens is 258 g/mol. The minimum absolute atomic E-state index is 0.127. The normalized spacial score (nSPS) is 23.1. The van der Waals surface area contributed by atoms with Crippen LogP contribution in [0.25, 0.3) is 0 Å². The Balaban J connectivity index is 2.43. The second kappa shape index (κ2) is 5.86. The van der Waals surface area contributed by atoms with E-state index < -0.39 is 17.6 Å². The summed E-state index contributed by atoms with van der Waals surface area (Å²) < 4.78 is 4.61. The van der Waals surface area contributed by atoms with E-state index in [9.17, 15) is 14.4 Å². The monoisotopic (exact) mass is 275 g/mol. The standard InChI is InChI=1S/C15H17NO4/c1-20-14(19)16-13(11-6-3-2-4-7-11)15(10-17)9-5-8-12(15)18/h2-4,6-7,10,13H,5,8-9H2,1H3,(H,16,19). The molecule has 0 aliphatic heterocycles. The molecule has 0 saturated heterocycles.